The monoisotopic (exact) mass is 219 g/mol. The SMILES string of the molecule is COCc1ccccc1C1(CN)CCCC1. The van der Waals surface area contributed by atoms with Crippen LogP contribution in [0.3, 0.4) is 0 Å². The van der Waals surface area contributed by atoms with Gasteiger partial charge in [0, 0.05) is 19.1 Å². The summed E-state index contributed by atoms with van der Waals surface area (Å²) in [6.45, 7) is 1.45. The van der Waals surface area contributed by atoms with Gasteiger partial charge in [0.05, 0.1) is 6.61 Å². The Labute approximate surface area is 97.8 Å². The zero-order valence-electron chi connectivity index (χ0n) is 10.0. The highest BCUT2D eigenvalue weighted by Gasteiger charge is 2.35. The molecule has 0 heterocycles. The normalized spacial score (nSPS) is 18.9. The second kappa shape index (κ2) is 4.98. The van der Waals surface area contributed by atoms with Gasteiger partial charge in [0.25, 0.3) is 0 Å². The van der Waals surface area contributed by atoms with Gasteiger partial charge in [0.2, 0.25) is 0 Å². The van der Waals surface area contributed by atoms with E-state index in [0.717, 1.165) is 6.54 Å². The lowest BCUT2D eigenvalue weighted by Gasteiger charge is -2.30. The average molecular weight is 219 g/mol. The van der Waals surface area contributed by atoms with Gasteiger partial charge in [0.15, 0.2) is 0 Å². The van der Waals surface area contributed by atoms with E-state index in [0.29, 0.717) is 6.61 Å². The molecule has 0 unspecified atom stereocenters. The number of rotatable bonds is 4. The van der Waals surface area contributed by atoms with Crippen LogP contribution in [-0.4, -0.2) is 13.7 Å². The van der Waals surface area contributed by atoms with Gasteiger partial charge in [-0.1, -0.05) is 37.1 Å². The van der Waals surface area contributed by atoms with E-state index in [9.17, 15) is 0 Å². The summed E-state index contributed by atoms with van der Waals surface area (Å²) in [5, 5.41) is 0. The first-order chi connectivity index (χ1) is 7.82. The Bertz CT molecular complexity index is 342. The maximum Gasteiger partial charge on any atom is 0.0715 e. The van der Waals surface area contributed by atoms with Gasteiger partial charge in [0.1, 0.15) is 0 Å². The molecule has 2 rings (SSSR count). The van der Waals surface area contributed by atoms with Crippen LogP contribution in [0, 0.1) is 0 Å². The molecular weight excluding hydrogens is 198 g/mol. The topological polar surface area (TPSA) is 35.2 Å². The van der Waals surface area contributed by atoms with Crippen molar-refractivity contribution in [3.8, 4) is 0 Å². The molecule has 0 radical (unpaired) electrons. The Balaban J connectivity index is 2.37. The summed E-state index contributed by atoms with van der Waals surface area (Å²) >= 11 is 0. The highest BCUT2D eigenvalue weighted by molar-refractivity contribution is 5.35. The molecule has 0 atom stereocenters. The van der Waals surface area contributed by atoms with Crippen molar-refractivity contribution < 1.29 is 4.74 Å². The van der Waals surface area contributed by atoms with E-state index < -0.39 is 0 Å². The smallest absolute Gasteiger partial charge is 0.0715 e. The van der Waals surface area contributed by atoms with Crippen LogP contribution in [0.1, 0.15) is 36.8 Å². The van der Waals surface area contributed by atoms with E-state index in [1.54, 1.807) is 7.11 Å². The van der Waals surface area contributed by atoms with Gasteiger partial charge >= 0.3 is 0 Å². The first kappa shape index (κ1) is 11.6. The minimum absolute atomic E-state index is 0.217. The van der Waals surface area contributed by atoms with Gasteiger partial charge in [-0.15, -0.1) is 0 Å². The summed E-state index contributed by atoms with van der Waals surface area (Å²) in [5.74, 6) is 0. The fourth-order valence-corrected chi connectivity index (χ4v) is 2.95. The molecule has 0 bridgehead atoms. The third-order valence-corrected chi connectivity index (χ3v) is 3.84. The maximum atomic E-state index is 6.03. The summed E-state index contributed by atoms with van der Waals surface area (Å²) < 4.78 is 5.28. The van der Waals surface area contributed by atoms with Crippen molar-refractivity contribution in [2.75, 3.05) is 13.7 Å². The molecule has 2 N–H and O–H groups in total. The zero-order chi connectivity index (χ0) is 11.4. The van der Waals surface area contributed by atoms with Crippen molar-refractivity contribution in [2.45, 2.75) is 37.7 Å². The van der Waals surface area contributed by atoms with E-state index in [-0.39, 0.29) is 5.41 Å². The number of hydrogen-bond acceptors (Lipinski definition) is 2. The van der Waals surface area contributed by atoms with Crippen LogP contribution >= 0.6 is 0 Å². The van der Waals surface area contributed by atoms with E-state index in [1.807, 2.05) is 0 Å². The molecule has 0 aliphatic heterocycles. The molecule has 1 aliphatic carbocycles. The van der Waals surface area contributed by atoms with Crippen LogP contribution in [0.25, 0.3) is 0 Å². The lowest BCUT2D eigenvalue weighted by molar-refractivity contribution is 0.182. The van der Waals surface area contributed by atoms with E-state index in [4.69, 9.17) is 10.5 Å². The fraction of sp³-hybridized carbons (Fsp3) is 0.571. The predicted molar refractivity (Wildman–Crippen MR) is 66.4 cm³/mol. The van der Waals surface area contributed by atoms with E-state index in [1.165, 1.54) is 36.8 Å². The van der Waals surface area contributed by atoms with E-state index >= 15 is 0 Å². The molecule has 1 saturated carbocycles. The molecular formula is C14H21NO. The highest BCUT2D eigenvalue weighted by Crippen LogP contribution is 2.41. The third kappa shape index (κ3) is 2.00. The number of methoxy groups -OCH3 is 1. The van der Waals surface area contributed by atoms with Crippen molar-refractivity contribution in [3.63, 3.8) is 0 Å². The predicted octanol–water partition coefficient (Wildman–Crippen LogP) is 2.60. The Kier molecular flexibility index (Phi) is 3.62. The van der Waals surface area contributed by atoms with Crippen molar-refractivity contribution >= 4 is 0 Å². The van der Waals surface area contributed by atoms with Crippen LogP contribution < -0.4 is 5.73 Å². The molecule has 0 saturated heterocycles. The summed E-state index contributed by atoms with van der Waals surface area (Å²) in [5.41, 5.74) is 8.96. The summed E-state index contributed by atoms with van der Waals surface area (Å²) in [6, 6.07) is 8.59. The molecule has 0 aromatic heterocycles. The largest absolute Gasteiger partial charge is 0.380 e. The second-order valence-electron chi connectivity index (χ2n) is 4.78. The average Bonchev–Trinajstić information content (AvgIpc) is 2.80. The molecule has 16 heavy (non-hydrogen) atoms. The quantitative estimate of drug-likeness (QED) is 0.844. The number of hydrogen-bond donors (Lipinski definition) is 1. The van der Waals surface area contributed by atoms with Crippen molar-refractivity contribution in [2.24, 2.45) is 5.73 Å². The van der Waals surface area contributed by atoms with Gasteiger partial charge in [-0.05, 0) is 24.0 Å². The zero-order valence-corrected chi connectivity index (χ0v) is 10.0. The Morgan fingerprint density at radius 2 is 1.94 bits per heavy atom. The van der Waals surface area contributed by atoms with Crippen LogP contribution in [0.5, 0.6) is 0 Å². The first-order valence-corrected chi connectivity index (χ1v) is 6.10. The van der Waals surface area contributed by atoms with Crippen LogP contribution in [0.2, 0.25) is 0 Å². The highest BCUT2D eigenvalue weighted by atomic mass is 16.5. The van der Waals surface area contributed by atoms with Gasteiger partial charge in [-0.25, -0.2) is 0 Å². The molecule has 0 spiro atoms. The lowest BCUT2D eigenvalue weighted by Crippen LogP contribution is -2.33. The van der Waals surface area contributed by atoms with Crippen molar-refractivity contribution in [1.82, 2.24) is 0 Å². The van der Waals surface area contributed by atoms with Gasteiger partial charge in [-0.2, -0.15) is 0 Å². The van der Waals surface area contributed by atoms with E-state index in [2.05, 4.69) is 24.3 Å². The Morgan fingerprint density at radius 3 is 2.56 bits per heavy atom. The summed E-state index contributed by atoms with van der Waals surface area (Å²) in [4.78, 5) is 0. The van der Waals surface area contributed by atoms with Gasteiger partial charge in [-0.3, -0.25) is 0 Å². The van der Waals surface area contributed by atoms with Crippen LogP contribution in [0.15, 0.2) is 24.3 Å². The summed E-state index contributed by atoms with van der Waals surface area (Å²) in [7, 11) is 1.75. The molecule has 1 fully saturated rings. The second-order valence-corrected chi connectivity index (χ2v) is 4.78. The van der Waals surface area contributed by atoms with Crippen molar-refractivity contribution in [1.29, 1.82) is 0 Å². The Morgan fingerprint density at radius 1 is 1.25 bits per heavy atom. The summed E-state index contributed by atoms with van der Waals surface area (Å²) in [6.07, 6.45) is 5.06. The minimum Gasteiger partial charge on any atom is -0.380 e. The maximum absolute atomic E-state index is 6.03. The third-order valence-electron chi connectivity index (χ3n) is 3.84. The standard InChI is InChI=1S/C14H21NO/c1-16-10-12-6-2-3-7-13(12)14(11-15)8-4-5-9-14/h2-3,6-7H,4-5,8-11,15H2,1H3. The molecule has 2 nitrogen and oxygen atoms in total. The molecule has 1 aromatic carbocycles. The lowest BCUT2D eigenvalue weighted by atomic mass is 9.77. The number of ether oxygens (including phenoxy) is 1. The fourth-order valence-electron chi connectivity index (χ4n) is 2.95. The first-order valence-electron chi connectivity index (χ1n) is 6.10. The number of nitrogens with two attached hydrogens (primary N) is 1. The van der Waals surface area contributed by atoms with Crippen molar-refractivity contribution in [3.05, 3.63) is 35.4 Å². The Hall–Kier alpha value is -0.860. The van der Waals surface area contributed by atoms with Crippen LogP contribution in [-0.2, 0) is 16.8 Å². The molecule has 0 amide bonds. The molecule has 1 aromatic rings. The van der Waals surface area contributed by atoms with Crippen LogP contribution in [0.4, 0.5) is 0 Å². The minimum atomic E-state index is 0.217. The molecule has 2 heteroatoms. The molecule has 88 valence electrons. The van der Waals surface area contributed by atoms with Gasteiger partial charge < -0.3 is 10.5 Å². The molecule has 1 aliphatic rings. The number of benzene rings is 1.